The summed E-state index contributed by atoms with van der Waals surface area (Å²) in [6, 6.07) is 0. The number of hydrogen-bond acceptors (Lipinski definition) is 6. The number of ether oxygens (including phenoxy) is 2. The molecule has 0 aliphatic carbocycles. The molecule has 2 radical (unpaired) electrons. The van der Waals surface area contributed by atoms with Crippen molar-refractivity contribution < 1.29 is 32.0 Å². The van der Waals surface area contributed by atoms with Gasteiger partial charge in [0.1, 0.15) is 0 Å². The predicted octanol–water partition coefficient (Wildman–Crippen LogP) is 3.77. The van der Waals surface area contributed by atoms with E-state index < -0.39 is 33.7 Å². The second kappa shape index (κ2) is 17.8. The van der Waals surface area contributed by atoms with E-state index in [0.29, 0.717) is 0 Å². The summed E-state index contributed by atoms with van der Waals surface area (Å²) in [7, 11) is -4.76. The van der Waals surface area contributed by atoms with Gasteiger partial charge >= 0.3 is 11.9 Å². The molecular weight excluding hydrogens is 424 g/mol. The van der Waals surface area contributed by atoms with Crippen LogP contribution in [0.1, 0.15) is 85.5 Å². The Hall–Kier alpha value is 0.110. The van der Waals surface area contributed by atoms with E-state index in [-0.39, 0.29) is 62.8 Å². The van der Waals surface area contributed by atoms with E-state index in [0.717, 1.165) is 51.4 Å². The Morgan fingerprint density at radius 3 is 1.69 bits per heavy atom. The second-order valence-electron chi connectivity index (χ2n) is 7.35. The molecule has 29 heavy (non-hydrogen) atoms. The first-order chi connectivity index (χ1) is 13.2. The minimum absolute atomic E-state index is 0. The van der Waals surface area contributed by atoms with Crippen molar-refractivity contribution in [2.75, 3.05) is 13.2 Å². The Balaban J connectivity index is 0. The molecule has 1 N–H and O–H groups in total. The molecule has 0 spiro atoms. The summed E-state index contributed by atoms with van der Waals surface area (Å²) in [6.07, 6.45) is 6.74. The maximum Gasteiger partial charge on any atom is 0.327 e. The molecule has 0 bridgehead atoms. The number of rotatable bonds is 16. The van der Waals surface area contributed by atoms with Gasteiger partial charge in [0.05, 0.1) is 19.6 Å². The SMILES string of the molecule is CCCCC(CC)COC(=O)CC(C(=O)OCC(CC)CCCC)S(=O)(=O)O.[Ca]. The summed E-state index contributed by atoms with van der Waals surface area (Å²) in [6.45, 7) is 8.35. The van der Waals surface area contributed by atoms with Gasteiger partial charge in [-0.05, 0) is 24.7 Å². The summed E-state index contributed by atoms with van der Waals surface area (Å²) in [4.78, 5) is 24.2. The zero-order valence-electron chi connectivity index (χ0n) is 18.5. The second-order valence-corrected chi connectivity index (χ2v) is 8.95. The van der Waals surface area contributed by atoms with Crippen LogP contribution in [0.5, 0.6) is 0 Å². The van der Waals surface area contributed by atoms with Gasteiger partial charge in [0.2, 0.25) is 0 Å². The van der Waals surface area contributed by atoms with E-state index in [1.807, 2.05) is 13.8 Å². The van der Waals surface area contributed by atoms with Crippen LogP contribution in [0.2, 0.25) is 0 Å². The molecule has 0 aromatic carbocycles. The van der Waals surface area contributed by atoms with E-state index in [9.17, 15) is 22.6 Å². The molecule has 9 heteroatoms. The van der Waals surface area contributed by atoms with Crippen molar-refractivity contribution in [1.82, 2.24) is 0 Å². The van der Waals surface area contributed by atoms with Crippen LogP contribution in [0.25, 0.3) is 0 Å². The summed E-state index contributed by atoms with van der Waals surface area (Å²) in [5.74, 6) is -1.61. The molecule has 3 atom stereocenters. The van der Waals surface area contributed by atoms with Crippen molar-refractivity contribution in [3.63, 3.8) is 0 Å². The van der Waals surface area contributed by atoms with E-state index in [1.54, 1.807) is 0 Å². The zero-order valence-corrected chi connectivity index (χ0v) is 21.5. The van der Waals surface area contributed by atoms with Crippen molar-refractivity contribution in [3.8, 4) is 0 Å². The van der Waals surface area contributed by atoms with Crippen molar-refractivity contribution in [2.24, 2.45) is 11.8 Å². The number of hydrogen-bond donors (Lipinski definition) is 1. The fourth-order valence-electron chi connectivity index (χ4n) is 2.82. The van der Waals surface area contributed by atoms with Gasteiger partial charge in [0, 0.05) is 37.7 Å². The van der Waals surface area contributed by atoms with E-state index in [1.165, 1.54) is 0 Å². The number of carbonyl (C=O) groups excluding carboxylic acids is 2. The van der Waals surface area contributed by atoms with Gasteiger partial charge in [-0.25, -0.2) is 0 Å². The third-order valence-electron chi connectivity index (χ3n) is 5.00. The molecule has 0 aliphatic rings. The van der Waals surface area contributed by atoms with E-state index in [4.69, 9.17) is 9.47 Å². The molecule has 0 saturated carbocycles. The molecule has 0 aliphatic heterocycles. The molecule has 0 saturated heterocycles. The maximum atomic E-state index is 12.2. The number of unbranched alkanes of at least 4 members (excludes halogenated alkanes) is 2. The average molecular weight is 463 g/mol. The summed E-state index contributed by atoms with van der Waals surface area (Å²) >= 11 is 0. The topological polar surface area (TPSA) is 107 Å². The first kappa shape index (κ1) is 31.3. The van der Waals surface area contributed by atoms with Crippen molar-refractivity contribution >= 4 is 59.8 Å². The van der Waals surface area contributed by atoms with Gasteiger partial charge in [0.15, 0.2) is 5.25 Å². The molecule has 0 aromatic heterocycles. The van der Waals surface area contributed by atoms with Gasteiger partial charge in [-0.1, -0.05) is 66.2 Å². The maximum absolute atomic E-state index is 12.2. The van der Waals surface area contributed by atoms with Crippen LogP contribution >= 0.6 is 0 Å². The van der Waals surface area contributed by atoms with E-state index >= 15 is 0 Å². The first-order valence-corrected chi connectivity index (χ1v) is 12.0. The van der Waals surface area contributed by atoms with Crippen LogP contribution in [-0.4, -0.2) is 81.1 Å². The molecule has 3 unspecified atom stereocenters. The number of carbonyl (C=O) groups is 2. The fraction of sp³-hybridized carbons (Fsp3) is 0.900. The Labute approximate surface area is 206 Å². The monoisotopic (exact) mass is 462 g/mol. The minimum atomic E-state index is -4.76. The van der Waals surface area contributed by atoms with Crippen LogP contribution in [0, 0.1) is 11.8 Å². The van der Waals surface area contributed by atoms with Crippen molar-refractivity contribution in [2.45, 2.75) is 90.7 Å². The van der Waals surface area contributed by atoms with Crippen molar-refractivity contribution in [1.29, 1.82) is 0 Å². The van der Waals surface area contributed by atoms with Gasteiger partial charge in [0.25, 0.3) is 10.1 Å². The smallest absolute Gasteiger partial charge is 0.327 e. The quantitative estimate of drug-likeness (QED) is 0.211. The standard InChI is InChI=1S/C20H38O7S.Ca/c1-5-9-11-16(7-3)14-26-19(21)13-18(28(23,24)25)20(22)27-15-17(8-4)12-10-6-2;/h16-18H,5-15H2,1-4H3,(H,23,24,25);. The molecular formula is C20H38CaO7S. The van der Waals surface area contributed by atoms with Gasteiger partial charge in [-0.2, -0.15) is 8.42 Å². The third kappa shape index (κ3) is 14.7. The first-order valence-electron chi connectivity index (χ1n) is 10.5. The zero-order chi connectivity index (χ0) is 21.6. The Morgan fingerprint density at radius 1 is 0.862 bits per heavy atom. The molecule has 168 valence electrons. The van der Waals surface area contributed by atoms with Gasteiger partial charge in [-0.15, -0.1) is 0 Å². The van der Waals surface area contributed by atoms with Crippen molar-refractivity contribution in [3.05, 3.63) is 0 Å². The Morgan fingerprint density at radius 2 is 1.31 bits per heavy atom. The molecule has 0 aromatic rings. The average Bonchev–Trinajstić information content (AvgIpc) is 2.65. The summed E-state index contributed by atoms with van der Waals surface area (Å²) in [5, 5.41) is -1.95. The fourth-order valence-corrected chi connectivity index (χ4v) is 3.48. The number of esters is 2. The van der Waals surface area contributed by atoms with Crippen LogP contribution in [-0.2, 0) is 29.2 Å². The van der Waals surface area contributed by atoms with Crippen LogP contribution in [0.15, 0.2) is 0 Å². The third-order valence-corrected chi connectivity index (χ3v) is 6.08. The van der Waals surface area contributed by atoms with Gasteiger partial charge < -0.3 is 9.47 Å². The molecule has 0 fully saturated rings. The molecule has 0 rings (SSSR count). The Kier molecular flexibility index (Phi) is 19.2. The molecule has 0 heterocycles. The molecule has 7 nitrogen and oxygen atoms in total. The largest absolute Gasteiger partial charge is 0.465 e. The molecule has 0 amide bonds. The predicted molar refractivity (Wildman–Crippen MR) is 114 cm³/mol. The minimum Gasteiger partial charge on any atom is -0.465 e. The van der Waals surface area contributed by atoms with Crippen LogP contribution < -0.4 is 0 Å². The summed E-state index contributed by atoms with van der Waals surface area (Å²) < 4.78 is 42.8. The van der Waals surface area contributed by atoms with Crippen LogP contribution in [0.4, 0.5) is 0 Å². The Bertz CT molecular complexity index is 551. The van der Waals surface area contributed by atoms with Crippen LogP contribution in [0.3, 0.4) is 0 Å². The van der Waals surface area contributed by atoms with Gasteiger partial charge in [-0.3, -0.25) is 14.1 Å². The van der Waals surface area contributed by atoms with E-state index in [2.05, 4.69) is 13.8 Å². The summed E-state index contributed by atoms with van der Waals surface area (Å²) in [5.41, 5.74) is 0. The normalized spacial score (nSPS) is 14.4.